The fraction of sp³-hybridized carbons (Fsp3) is 0.0909. The number of methoxy groups -OCH3 is 1. The van der Waals surface area contributed by atoms with E-state index in [-0.39, 0.29) is 0 Å². The van der Waals surface area contributed by atoms with Gasteiger partial charge in [-0.25, -0.2) is 9.78 Å². The molecule has 0 aliphatic carbocycles. The summed E-state index contributed by atoms with van der Waals surface area (Å²) in [7, 11) is 1.32. The second-order valence-electron chi connectivity index (χ2n) is 3.12. The molecule has 0 amide bonds. The van der Waals surface area contributed by atoms with Crippen LogP contribution in [0.4, 0.5) is 5.69 Å². The third-order valence-corrected chi connectivity index (χ3v) is 3.09. The zero-order chi connectivity index (χ0) is 12.3. The van der Waals surface area contributed by atoms with Crippen LogP contribution in [0.2, 0.25) is 0 Å². The van der Waals surface area contributed by atoms with E-state index in [9.17, 15) is 4.79 Å². The molecule has 1 aromatic carbocycles. The summed E-state index contributed by atoms with van der Waals surface area (Å²) in [5.41, 5.74) is 6.71. The first-order valence-corrected chi connectivity index (χ1v) is 5.58. The quantitative estimate of drug-likeness (QED) is 0.664. The molecule has 2 N–H and O–H groups in total. The Morgan fingerprint density at radius 1 is 1.53 bits per heavy atom. The number of rotatable bonds is 3. The van der Waals surface area contributed by atoms with Crippen molar-refractivity contribution >= 4 is 23.4 Å². The third kappa shape index (κ3) is 2.42. The molecule has 0 atom stereocenters. The number of hydrogen-bond acceptors (Lipinski definition) is 6. The van der Waals surface area contributed by atoms with Gasteiger partial charge in [-0.3, -0.25) is 0 Å². The van der Waals surface area contributed by atoms with Crippen LogP contribution in [0.5, 0.6) is 0 Å². The summed E-state index contributed by atoms with van der Waals surface area (Å²) in [4.78, 5) is 16.1. The Bertz CT molecular complexity index is 526. The van der Waals surface area contributed by atoms with Gasteiger partial charge < -0.3 is 14.9 Å². The molecule has 5 nitrogen and oxygen atoms in total. The summed E-state index contributed by atoms with van der Waals surface area (Å²) in [6.45, 7) is 0. The van der Waals surface area contributed by atoms with Crippen molar-refractivity contribution in [1.82, 2.24) is 4.98 Å². The number of hydrogen-bond donors (Lipinski definition) is 1. The lowest BCUT2D eigenvalue weighted by molar-refractivity contribution is 0.0597. The van der Waals surface area contributed by atoms with E-state index in [1.165, 1.54) is 31.3 Å². The van der Waals surface area contributed by atoms with Crippen molar-refractivity contribution in [3.8, 4) is 0 Å². The van der Waals surface area contributed by atoms with Gasteiger partial charge >= 0.3 is 5.97 Å². The van der Waals surface area contributed by atoms with E-state index in [0.29, 0.717) is 21.4 Å². The number of aromatic nitrogens is 1. The number of oxazole rings is 1. The Morgan fingerprint density at radius 2 is 2.35 bits per heavy atom. The lowest BCUT2D eigenvalue weighted by atomic mass is 10.2. The van der Waals surface area contributed by atoms with Gasteiger partial charge in [-0.2, -0.15) is 0 Å². The van der Waals surface area contributed by atoms with Crippen molar-refractivity contribution in [3.63, 3.8) is 0 Å². The fourth-order valence-electron chi connectivity index (χ4n) is 1.29. The van der Waals surface area contributed by atoms with Crippen LogP contribution in [-0.4, -0.2) is 18.1 Å². The topological polar surface area (TPSA) is 78.4 Å². The second kappa shape index (κ2) is 4.92. The van der Waals surface area contributed by atoms with Crippen LogP contribution in [0.15, 0.2) is 45.2 Å². The maximum Gasteiger partial charge on any atom is 0.339 e. The lowest BCUT2D eigenvalue weighted by Crippen LogP contribution is -2.05. The number of ether oxygens (including phenoxy) is 1. The maximum atomic E-state index is 11.6. The fourth-order valence-corrected chi connectivity index (χ4v) is 2.13. The van der Waals surface area contributed by atoms with Crippen LogP contribution >= 0.6 is 11.8 Å². The van der Waals surface area contributed by atoms with Gasteiger partial charge in [0, 0.05) is 5.69 Å². The third-order valence-electron chi connectivity index (χ3n) is 2.05. The Morgan fingerprint density at radius 3 is 3.00 bits per heavy atom. The second-order valence-corrected chi connectivity index (χ2v) is 4.08. The number of esters is 1. The average molecular weight is 250 g/mol. The minimum Gasteiger partial charge on any atom is -0.465 e. The molecule has 0 saturated heterocycles. The SMILES string of the molecule is COC(=O)c1cccc(N)c1Sc1ncco1. The van der Waals surface area contributed by atoms with Gasteiger partial charge in [-0.15, -0.1) is 0 Å². The summed E-state index contributed by atoms with van der Waals surface area (Å²) in [5, 5.41) is 0.424. The first-order valence-electron chi connectivity index (χ1n) is 4.76. The van der Waals surface area contributed by atoms with E-state index in [4.69, 9.17) is 14.9 Å². The predicted molar refractivity (Wildman–Crippen MR) is 62.8 cm³/mol. The van der Waals surface area contributed by atoms with Crippen LogP contribution < -0.4 is 5.73 Å². The van der Waals surface area contributed by atoms with E-state index < -0.39 is 5.97 Å². The lowest BCUT2D eigenvalue weighted by Gasteiger charge is -2.08. The van der Waals surface area contributed by atoms with Crippen LogP contribution in [0.1, 0.15) is 10.4 Å². The Kier molecular flexibility index (Phi) is 3.34. The van der Waals surface area contributed by atoms with Gasteiger partial charge in [0.25, 0.3) is 5.22 Å². The first-order chi connectivity index (χ1) is 8.22. The molecule has 6 heteroatoms. The molecule has 0 spiro atoms. The molecule has 2 rings (SSSR count). The summed E-state index contributed by atoms with van der Waals surface area (Å²) < 4.78 is 9.80. The van der Waals surface area contributed by atoms with E-state index in [1.807, 2.05) is 0 Å². The van der Waals surface area contributed by atoms with Crippen LogP contribution in [0, 0.1) is 0 Å². The van der Waals surface area contributed by atoms with Crippen molar-refractivity contribution in [2.45, 2.75) is 10.1 Å². The molecule has 1 heterocycles. The van der Waals surface area contributed by atoms with Gasteiger partial charge in [0.15, 0.2) is 0 Å². The highest BCUT2D eigenvalue weighted by atomic mass is 32.2. The van der Waals surface area contributed by atoms with E-state index in [0.717, 1.165) is 0 Å². The standard InChI is InChI=1S/C11H10N2O3S/c1-15-10(14)7-3-2-4-8(12)9(7)17-11-13-5-6-16-11/h2-6H,12H2,1H3. The van der Waals surface area contributed by atoms with Crippen LogP contribution in [0.25, 0.3) is 0 Å². The molecule has 0 aliphatic heterocycles. The Hall–Kier alpha value is -1.95. The Balaban J connectivity index is 2.40. The average Bonchev–Trinajstić information content (AvgIpc) is 2.83. The molecule has 0 fully saturated rings. The van der Waals surface area contributed by atoms with Crippen molar-refractivity contribution in [2.75, 3.05) is 12.8 Å². The van der Waals surface area contributed by atoms with E-state index in [2.05, 4.69) is 4.98 Å². The van der Waals surface area contributed by atoms with Crippen LogP contribution in [0.3, 0.4) is 0 Å². The van der Waals surface area contributed by atoms with Crippen LogP contribution in [-0.2, 0) is 4.74 Å². The number of anilines is 1. The highest BCUT2D eigenvalue weighted by molar-refractivity contribution is 7.99. The predicted octanol–water partition coefficient (Wildman–Crippen LogP) is 2.19. The largest absolute Gasteiger partial charge is 0.465 e. The normalized spacial score (nSPS) is 10.2. The summed E-state index contributed by atoms with van der Waals surface area (Å²) >= 11 is 1.19. The van der Waals surface area contributed by atoms with Gasteiger partial charge in [0.2, 0.25) is 0 Å². The molecule has 0 unspecified atom stereocenters. The number of nitrogen functional groups attached to an aromatic ring is 1. The highest BCUT2D eigenvalue weighted by Crippen LogP contribution is 2.34. The maximum absolute atomic E-state index is 11.6. The van der Waals surface area contributed by atoms with Gasteiger partial charge in [0.05, 0.1) is 23.8 Å². The first kappa shape index (κ1) is 11.5. The molecular formula is C11H10N2O3S. The zero-order valence-corrected chi connectivity index (χ0v) is 9.86. The number of nitrogens with two attached hydrogens (primary N) is 1. The van der Waals surface area contributed by atoms with Gasteiger partial charge in [-0.1, -0.05) is 6.07 Å². The summed E-state index contributed by atoms with van der Waals surface area (Å²) in [5.74, 6) is -0.439. The molecular weight excluding hydrogens is 240 g/mol. The van der Waals surface area contributed by atoms with Crippen molar-refractivity contribution in [1.29, 1.82) is 0 Å². The van der Waals surface area contributed by atoms with Crippen molar-refractivity contribution < 1.29 is 13.9 Å². The number of nitrogens with zero attached hydrogens (tertiary/aromatic N) is 1. The summed E-state index contributed by atoms with van der Waals surface area (Å²) in [6.07, 6.45) is 2.98. The molecule has 0 aliphatic rings. The molecule has 0 saturated carbocycles. The summed E-state index contributed by atoms with van der Waals surface area (Å²) in [6, 6.07) is 5.05. The number of benzene rings is 1. The minimum atomic E-state index is -0.439. The van der Waals surface area contributed by atoms with Gasteiger partial charge in [-0.05, 0) is 23.9 Å². The van der Waals surface area contributed by atoms with E-state index in [1.54, 1.807) is 18.2 Å². The van der Waals surface area contributed by atoms with Crippen molar-refractivity contribution in [3.05, 3.63) is 36.2 Å². The molecule has 2 aromatic rings. The molecule has 0 bridgehead atoms. The molecule has 17 heavy (non-hydrogen) atoms. The number of carbonyl (C=O) groups excluding carboxylic acids is 1. The monoisotopic (exact) mass is 250 g/mol. The zero-order valence-electron chi connectivity index (χ0n) is 9.04. The van der Waals surface area contributed by atoms with Crippen molar-refractivity contribution in [2.24, 2.45) is 0 Å². The molecule has 88 valence electrons. The molecule has 1 aromatic heterocycles. The Labute approximate surface area is 102 Å². The number of carbonyl (C=O) groups is 1. The molecule has 0 radical (unpaired) electrons. The van der Waals surface area contributed by atoms with Gasteiger partial charge in [0.1, 0.15) is 6.26 Å². The minimum absolute atomic E-state index is 0.399. The highest BCUT2D eigenvalue weighted by Gasteiger charge is 2.16. The smallest absolute Gasteiger partial charge is 0.339 e. The van der Waals surface area contributed by atoms with E-state index >= 15 is 0 Å².